The first-order valence-electron chi connectivity index (χ1n) is 17.2. The number of hydrogen-bond acceptors (Lipinski definition) is 3. The average molecular weight is 651 g/mol. The van der Waals surface area contributed by atoms with E-state index in [0.717, 1.165) is 66.3 Å². The van der Waals surface area contributed by atoms with E-state index < -0.39 is 0 Å². The number of hydrogen-bond donors (Lipinski definition) is 0. The number of benzene rings is 7. The molecular weight excluding hydrogens is 621 g/mol. The molecular formula is C47H30N4. The van der Waals surface area contributed by atoms with Gasteiger partial charge in [0.2, 0.25) is 0 Å². The van der Waals surface area contributed by atoms with Crippen LogP contribution in [0.2, 0.25) is 0 Å². The van der Waals surface area contributed by atoms with Crippen LogP contribution in [0.4, 0.5) is 17.1 Å². The summed E-state index contributed by atoms with van der Waals surface area (Å²) < 4.78 is 2.23. The summed E-state index contributed by atoms with van der Waals surface area (Å²) in [5.74, 6) is 0. The van der Waals surface area contributed by atoms with Gasteiger partial charge < -0.3 is 9.30 Å². The van der Waals surface area contributed by atoms with Gasteiger partial charge in [-0.15, -0.1) is 0 Å². The predicted molar refractivity (Wildman–Crippen MR) is 208 cm³/mol. The highest BCUT2D eigenvalue weighted by atomic mass is 15.1. The van der Waals surface area contributed by atoms with Crippen molar-refractivity contribution < 1.29 is 0 Å². The van der Waals surface area contributed by atoms with Crippen molar-refractivity contribution in [2.75, 3.05) is 4.90 Å². The van der Waals surface area contributed by atoms with Crippen molar-refractivity contribution in [2.24, 2.45) is 0 Å². The van der Waals surface area contributed by atoms with E-state index in [4.69, 9.17) is 0 Å². The van der Waals surface area contributed by atoms with Gasteiger partial charge in [0, 0.05) is 43.9 Å². The molecule has 0 fully saturated rings. The molecule has 2 heterocycles. The minimum absolute atomic E-state index is 0.159. The Morgan fingerprint density at radius 3 is 1.76 bits per heavy atom. The van der Waals surface area contributed by atoms with Crippen molar-refractivity contribution in [3.63, 3.8) is 0 Å². The fourth-order valence-electron chi connectivity index (χ4n) is 8.59. The third kappa shape index (κ3) is 4.05. The van der Waals surface area contributed by atoms with Crippen LogP contribution in [0, 0.1) is 22.7 Å². The smallest absolute Gasteiger partial charge is 0.0992 e. The van der Waals surface area contributed by atoms with E-state index >= 15 is 0 Å². The van der Waals surface area contributed by atoms with E-state index in [1.807, 2.05) is 24.3 Å². The van der Waals surface area contributed by atoms with E-state index in [0.29, 0.717) is 11.1 Å². The van der Waals surface area contributed by atoms with Crippen LogP contribution >= 0.6 is 0 Å². The van der Waals surface area contributed by atoms with Gasteiger partial charge in [0.15, 0.2) is 0 Å². The van der Waals surface area contributed by atoms with Crippen molar-refractivity contribution >= 4 is 55.2 Å². The molecule has 10 rings (SSSR count). The largest absolute Gasteiger partial charge is 0.310 e. The van der Waals surface area contributed by atoms with E-state index in [1.54, 1.807) is 0 Å². The number of anilines is 3. The number of rotatable bonds is 4. The predicted octanol–water partition coefficient (Wildman–Crippen LogP) is 12.0. The summed E-state index contributed by atoms with van der Waals surface area (Å²) in [4.78, 5) is 2.41. The lowest BCUT2D eigenvalue weighted by Gasteiger charge is -2.30. The van der Waals surface area contributed by atoms with Crippen LogP contribution in [-0.2, 0) is 5.41 Å². The molecule has 238 valence electrons. The van der Waals surface area contributed by atoms with Crippen LogP contribution in [0.15, 0.2) is 146 Å². The summed E-state index contributed by atoms with van der Waals surface area (Å²) >= 11 is 0. The topological polar surface area (TPSA) is 55.2 Å². The fourth-order valence-corrected chi connectivity index (χ4v) is 8.59. The highest BCUT2D eigenvalue weighted by molar-refractivity contribution is 6.25. The molecule has 51 heavy (non-hydrogen) atoms. The second kappa shape index (κ2) is 10.6. The second-order valence-electron chi connectivity index (χ2n) is 14.0. The molecule has 0 radical (unpaired) electrons. The van der Waals surface area contributed by atoms with Gasteiger partial charge in [-0.05, 0) is 82.4 Å². The van der Waals surface area contributed by atoms with Gasteiger partial charge in [-0.3, -0.25) is 0 Å². The molecule has 0 amide bonds. The van der Waals surface area contributed by atoms with Gasteiger partial charge in [0.1, 0.15) is 0 Å². The summed E-state index contributed by atoms with van der Waals surface area (Å²) in [6.07, 6.45) is 0. The molecule has 9 aromatic rings. The standard InChI is InChI=1S/C47H30N4/c1-47(2)41-14-8-6-13-35(41)36-21-18-32(26-42(36)47)50(43-15-9-7-12-34(43)31-10-4-3-5-11-31)33-24-39-37-19-16-29(27-48)22-44(37)51-45-23-30(28-49)17-20-38(45)40(25-33)46(39)51/h3-26H,1-2H3. The lowest BCUT2D eigenvalue weighted by atomic mass is 9.82. The zero-order valence-corrected chi connectivity index (χ0v) is 28.1. The third-order valence-corrected chi connectivity index (χ3v) is 10.9. The number of para-hydroxylation sites is 1. The van der Waals surface area contributed by atoms with Crippen LogP contribution in [0.3, 0.4) is 0 Å². The third-order valence-electron chi connectivity index (χ3n) is 10.9. The van der Waals surface area contributed by atoms with Crippen LogP contribution < -0.4 is 4.90 Å². The Labute approximate surface area is 295 Å². The lowest BCUT2D eigenvalue weighted by molar-refractivity contribution is 0.660. The van der Waals surface area contributed by atoms with Crippen molar-refractivity contribution in [1.29, 1.82) is 10.5 Å². The minimum Gasteiger partial charge on any atom is -0.310 e. The highest BCUT2D eigenvalue weighted by Gasteiger charge is 2.36. The summed E-state index contributed by atoms with van der Waals surface area (Å²) in [5, 5.41) is 24.1. The Kier molecular flexibility index (Phi) is 6.02. The number of aromatic nitrogens is 1. The molecule has 0 unspecified atom stereocenters. The first-order valence-corrected chi connectivity index (χ1v) is 17.2. The number of fused-ring (bicyclic) bond motifs is 9. The molecule has 0 spiro atoms. The van der Waals surface area contributed by atoms with E-state index in [2.05, 4.69) is 157 Å². The number of nitrogens with zero attached hydrogens (tertiary/aromatic N) is 4. The molecule has 0 bridgehead atoms. The Bertz CT molecular complexity index is 2870. The normalized spacial score (nSPS) is 13.0. The SMILES string of the molecule is CC1(C)c2ccccc2-c2ccc(N(c3cc4c5ccc(C#N)cc5n5c6cc(C#N)ccc6c(c3)c45)c3ccccc3-c3ccccc3)cc21. The molecule has 4 nitrogen and oxygen atoms in total. The van der Waals surface area contributed by atoms with Gasteiger partial charge in [-0.25, -0.2) is 0 Å². The van der Waals surface area contributed by atoms with Gasteiger partial charge in [-0.2, -0.15) is 10.5 Å². The van der Waals surface area contributed by atoms with Crippen molar-refractivity contribution in [2.45, 2.75) is 19.3 Å². The zero-order chi connectivity index (χ0) is 34.4. The quantitative estimate of drug-likeness (QED) is 0.190. The second-order valence-corrected chi connectivity index (χ2v) is 14.0. The lowest BCUT2D eigenvalue weighted by Crippen LogP contribution is -2.16. The molecule has 0 saturated heterocycles. The zero-order valence-electron chi connectivity index (χ0n) is 28.1. The molecule has 1 aliphatic rings. The maximum Gasteiger partial charge on any atom is 0.0992 e. The van der Waals surface area contributed by atoms with Crippen molar-refractivity contribution in [3.8, 4) is 34.4 Å². The molecule has 1 aliphatic carbocycles. The fraction of sp³-hybridized carbons (Fsp3) is 0.0638. The Hall–Kier alpha value is -6.88. The molecule has 0 N–H and O–H groups in total. The summed E-state index contributed by atoms with van der Waals surface area (Å²) in [7, 11) is 0. The monoisotopic (exact) mass is 650 g/mol. The summed E-state index contributed by atoms with van der Waals surface area (Å²) in [5.41, 5.74) is 14.8. The first-order chi connectivity index (χ1) is 25.0. The van der Waals surface area contributed by atoms with Crippen LogP contribution in [-0.4, -0.2) is 4.40 Å². The van der Waals surface area contributed by atoms with Gasteiger partial charge in [-0.1, -0.05) is 105 Å². The van der Waals surface area contributed by atoms with E-state index in [-0.39, 0.29) is 5.41 Å². The Morgan fingerprint density at radius 2 is 1.10 bits per heavy atom. The maximum atomic E-state index is 9.87. The van der Waals surface area contributed by atoms with Crippen molar-refractivity contribution in [3.05, 3.63) is 168 Å². The minimum atomic E-state index is -0.159. The van der Waals surface area contributed by atoms with Gasteiger partial charge in [0.05, 0.1) is 45.5 Å². The van der Waals surface area contributed by atoms with Crippen molar-refractivity contribution in [1.82, 2.24) is 4.40 Å². The Balaban J connectivity index is 1.31. The molecule has 0 aliphatic heterocycles. The molecule has 2 aromatic heterocycles. The molecule has 0 saturated carbocycles. The highest BCUT2D eigenvalue weighted by Crippen LogP contribution is 2.52. The first kappa shape index (κ1) is 29.1. The van der Waals surface area contributed by atoms with Gasteiger partial charge >= 0.3 is 0 Å². The maximum absolute atomic E-state index is 9.87. The summed E-state index contributed by atoms with van der Waals surface area (Å²) in [6.45, 7) is 4.65. The molecule has 0 atom stereocenters. The number of nitriles is 2. The summed E-state index contributed by atoms with van der Waals surface area (Å²) in [6, 6.07) is 56.1. The van der Waals surface area contributed by atoms with Crippen LogP contribution in [0.25, 0.3) is 60.3 Å². The van der Waals surface area contributed by atoms with Crippen LogP contribution in [0.1, 0.15) is 36.1 Å². The van der Waals surface area contributed by atoms with E-state index in [1.165, 1.54) is 22.3 Å². The average Bonchev–Trinajstić information content (AvgIpc) is 3.77. The van der Waals surface area contributed by atoms with E-state index in [9.17, 15) is 10.5 Å². The molecule has 7 aromatic carbocycles. The molecule has 4 heteroatoms. The van der Waals surface area contributed by atoms with Gasteiger partial charge in [0.25, 0.3) is 0 Å². The Morgan fingerprint density at radius 1 is 0.510 bits per heavy atom. The van der Waals surface area contributed by atoms with Crippen LogP contribution in [0.5, 0.6) is 0 Å².